The molecular formula is C13H7Cl2NO5. The minimum absolute atomic E-state index is 0.104. The van der Waals surface area contributed by atoms with Crippen molar-refractivity contribution < 1.29 is 19.9 Å². The minimum Gasteiger partial charge on any atom is -0.504 e. The van der Waals surface area contributed by atoms with Gasteiger partial charge in [-0.1, -0.05) is 23.2 Å². The molecule has 0 aliphatic carbocycles. The fourth-order valence-electron chi connectivity index (χ4n) is 1.73. The summed E-state index contributed by atoms with van der Waals surface area (Å²) in [6.07, 6.45) is 0. The molecule has 8 heteroatoms. The van der Waals surface area contributed by atoms with Gasteiger partial charge in [0.25, 0.3) is 0 Å². The quantitative estimate of drug-likeness (QED) is 0.388. The number of benzene rings is 2. The lowest BCUT2D eigenvalue weighted by Crippen LogP contribution is -2.02. The van der Waals surface area contributed by atoms with Crippen LogP contribution >= 0.6 is 23.2 Å². The maximum atomic E-state index is 12.3. The van der Waals surface area contributed by atoms with Crippen LogP contribution < -0.4 is 0 Å². The summed E-state index contributed by atoms with van der Waals surface area (Å²) >= 11 is 11.6. The number of nitro groups is 1. The van der Waals surface area contributed by atoms with Gasteiger partial charge < -0.3 is 10.2 Å². The van der Waals surface area contributed by atoms with Crippen LogP contribution in [0.1, 0.15) is 15.9 Å². The number of ketones is 1. The third kappa shape index (κ3) is 3.07. The first-order chi connectivity index (χ1) is 9.79. The zero-order chi connectivity index (χ0) is 15.7. The monoisotopic (exact) mass is 327 g/mol. The summed E-state index contributed by atoms with van der Waals surface area (Å²) in [7, 11) is 0. The van der Waals surface area contributed by atoms with Gasteiger partial charge in [-0.15, -0.1) is 0 Å². The number of hydrogen-bond acceptors (Lipinski definition) is 5. The topological polar surface area (TPSA) is 101 Å². The fourth-order valence-corrected chi connectivity index (χ4v) is 2.25. The van der Waals surface area contributed by atoms with Crippen LogP contribution in [0.5, 0.6) is 11.5 Å². The van der Waals surface area contributed by atoms with Crippen molar-refractivity contribution in [1.29, 1.82) is 0 Å². The molecule has 0 saturated heterocycles. The molecule has 108 valence electrons. The van der Waals surface area contributed by atoms with Crippen molar-refractivity contribution in [2.45, 2.75) is 0 Å². The number of phenols is 2. The van der Waals surface area contributed by atoms with E-state index in [0.29, 0.717) is 0 Å². The number of aromatic hydroxyl groups is 2. The number of carbonyl (C=O) groups excluding carboxylic acids is 1. The number of hydrogen-bond donors (Lipinski definition) is 2. The van der Waals surface area contributed by atoms with E-state index in [4.69, 9.17) is 23.2 Å². The van der Waals surface area contributed by atoms with Crippen molar-refractivity contribution in [1.82, 2.24) is 0 Å². The van der Waals surface area contributed by atoms with Crippen molar-refractivity contribution in [3.05, 3.63) is 61.6 Å². The van der Waals surface area contributed by atoms with Crippen LogP contribution in [0, 0.1) is 10.1 Å². The van der Waals surface area contributed by atoms with Crippen LogP contribution in [0.2, 0.25) is 10.0 Å². The molecule has 0 aliphatic heterocycles. The molecule has 0 aliphatic rings. The van der Waals surface area contributed by atoms with E-state index in [9.17, 15) is 25.1 Å². The molecule has 21 heavy (non-hydrogen) atoms. The summed E-state index contributed by atoms with van der Waals surface area (Å²) in [5.41, 5.74) is -0.839. The number of rotatable bonds is 3. The highest BCUT2D eigenvalue weighted by molar-refractivity contribution is 6.35. The SMILES string of the molecule is O=C(c1cc(Cl)cc(Cl)c1)c1cc(O)c(O)c([N+](=O)[O-])c1. The Kier molecular flexibility index (Phi) is 4.02. The van der Waals surface area contributed by atoms with E-state index in [1.165, 1.54) is 18.2 Å². The van der Waals surface area contributed by atoms with Gasteiger partial charge in [-0.3, -0.25) is 14.9 Å². The Hall–Kier alpha value is -2.31. The van der Waals surface area contributed by atoms with Crippen molar-refractivity contribution in [3.8, 4) is 11.5 Å². The predicted molar refractivity (Wildman–Crippen MR) is 76.3 cm³/mol. The van der Waals surface area contributed by atoms with Crippen molar-refractivity contribution in [3.63, 3.8) is 0 Å². The summed E-state index contributed by atoms with van der Waals surface area (Å²) in [5, 5.41) is 30.1. The number of nitro benzene ring substituents is 1. The van der Waals surface area contributed by atoms with Crippen molar-refractivity contribution in [2.75, 3.05) is 0 Å². The van der Waals surface area contributed by atoms with Gasteiger partial charge in [0.1, 0.15) is 0 Å². The van der Waals surface area contributed by atoms with Crippen LogP contribution in [0.25, 0.3) is 0 Å². The van der Waals surface area contributed by atoms with E-state index in [0.717, 1.165) is 12.1 Å². The second kappa shape index (κ2) is 5.59. The lowest BCUT2D eigenvalue weighted by molar-refractivity contribution is -0.386. The van der Waals surface area contributed by atoms with Gasteiger partial charge in [0, 0.05) is 27.2 Å². The van der Waals surface area contributed by atoms with Crippen LogP contribution in [0.4, 0.5) is 5.69 Å². The summed E-state index contributed by atoms with van der Waals surface area (Å²) in [4.78, 5) is 22.1. The molecule has 0 unspecified atom stereocenters. The minimum atomic E-state index is -0.906. The van der Waals surface area contributed by atoms with E-state index >= 15 is 0 Å². The van der Waals surface area contributed by atoms with Crippen LogP contribution in [0.15, 0.2) is 30.3 Å². The lowest BCUT2D eigenvalue weighted by Gasteiger charge is -2.05. The molecule has 6 nitrogen and oxygen atoms in total. The zero-order valence-corrected chi connectivity index (χ0v) is 11.7. The molecule has 0 amide bonds. The molecule has 0 bridgehead atoms. The molecular weight excluding hydrogens is 321 g/mol. The summed E-state index contributed by atoms with van der Waals surface area (Å²) in [6.45, 7) is 0. The first-order valence-corrected chi connectivity index (χ1v) is 6.26. The molecule has 0 saturated carbocycles. The second-order valence-corrected chi connectivity index (χ2v) is 4.98. The Balaban J connectivity index is 2.56. The Labute approximate surface area is 128 Å². The van der Waals surface area contributed by atoms with Gasteiger partial charge in [0.2, 0.25) is 5.75 Å². The Bertz CT molecular complexity index is 740. The van der Waals surface area contributed by atoms with Gasteiger partial charge in [-0.25, -0.2) is 0 Å². The molecule has 0 atom stereocenters. The van der Waals surface area contributed by atoms with E-state index < -0.39 is 27.9 Å². The second-order valence-electron chi connectivity index (χ2n) is 4.11. The first kappa shape index (κ1) is 15.1. The highest BCUT2D eigenvalue weighted by Gasteiger charge is 2.22. The Morgan fingerprint density at radius 2 is 1.52 bits per heavy atom. The van der Waals surface area contributed by atoms with Gasteiger partial charge in [-0.2, -0.15) is 0 Å². The largest absolute Gasteiger partial charge is 0.504 e. The zero-order valence-electron chi connectivity index (χ0n) is 10.2. The highest BCUT2D eigenvalue weighted by atomic mass is 35.5. The Morgan fingerprint density at radius 1 is 1.00 bits per heavy atom. The third-order valence-corrected chi connectivity index (χ3v) is 3.09. The van der Waals surface area contributed by atoms with Crippen LogP contribution in [-0.2, 0) is 0 Å². The van der Waals surface area contributed by atoms with Gasteiger partial charge in [-0.05, 0) is 24.3 Å². The van der Waals surface area contributed by atoms with Gasteiger partial charge >= 0.3 is 5.69 Å². The van der Waals surface area contributed by atoms with E-state index in [1.54, 1.807) is 0 Å². The number of nitrogens with zero attached hydrogens (tertiary/aromatic N) is 1. The van der Waals surface area contributed by atoms with E-state index in [2.05, 4.69) is 0 Å². The molecule has 2 aromatic carbocycles. The molecule has 0 heterocycles. The summed E-state index contributed by atoms with van der Waals surface area (Å²) < 4.78 is 0. The molecule has 0 radical (unpaired) electrons. The molecule has 0 fully saturated rings. The van der Waals surface area contributed by atoms with Gasteiger partial charge in [0.15, 0.2) is 11.5 Å². The number of carbonyl (C=O) groups is 1. The van der Waals surface area contributed by atoms with Crippen molar-refractivity contribution in [2.24, 2.45) is 0 Å². The Morgan fingerprint density at radius 3 is 2.05 bits per heavy atom. The standard InChI is InChI=1S/C13H7Cl2NO5/c14-8-1-6(2-9(15)5-8)12(18)7-3-10(16(20)21)13(19)11(17)4-7/h1-5,17,19H. The van der Waals surface area contributed by atoms with E-state index in [1.807, 2.05) is 0 Å². The fraction of sp³-hybridized carbons (Fsp3) is 0. The maximum absolute atomic E-state index is 12.3. The average molecular weight is 328 g/mol. The highest BCUT2D eigenvalue weighted by Crippen LogP contribution is 2.36. The van der Waals surface area contributed by atoms with Crippen molar-refractivity contribution >= 4 is 34.7 Å². The summed E-state index contributed by atoms with van der Waals surface area (Å²) in [5.74, 6) is -2.29. The predicted octanol–water partition coefficient (Wildman–Crippen LogP) is 3.54. The lowest BCUT2D eigenvalue weighted by atomic mass is 10.0. The number of halogens is 2. The molecule has 2 aromatic rings. The van der Waals surface area contributed by atoms with Gasteiger partial charge in [0.05, 0.1) is 4.92 Å². The molecule has 2 rings (SSSR count). The van der Waals surface area contributed by atoms with Crippen LogP contribution in [-0.4, -0.2) is 20.9 Å². The smallest absolute Gasteiger partial charge is 0.315 e. The van der Waals surface area contributed by atoms with Crippen LogP contribution in [0.3, 0.4) is 0 Å². The summed E-state index contributed by atoms with van der Waals surface area (Å²) in [6, 6.07) is 5.90. The normalized spacial score (nSPS) is 10.4. The number of phenolic OH excluding ortho intramolecular Hbond substituents is 2. The first-order valence-electron chi connectivity index (χ1n) is 5.50. The molecule has 0 spiro atoms. The maximum Gasteiger partial charge on any atom is 0.315 e. The molecule has 0 aromatic heterocycles. The average Bonchev–Trinajstić information content (AvgIpc) is 2.39. The van der Waals surface area contributed by atoms with E-state index in [-0.39, 0.29) is 21.2 Å². The third-order valence-electron chi connectivity index (χ3n) is 2.65. The molecule has 2 N–H and O–H groups in total.